The normalized spacial score (nSPS) is 10.8. The third kappa shape index (κ3) is 3.35. The summed E-state index contributed by atoms with van der Waals surface area (Å²) in [6.07, 6.45) is 0. The maximum absolute atomic E-state index is 12.8. The van der Waals surface area contributed by atoms with Gasteiger partial charge in [0.25, 0.3) is 5.91 Å². The van der Waals surface area contributed by atoms with Crippen LogP contribution in [-0.4, -0.2) is 16.1 Å². The summed E-state index contributed by atoms with van der Waals surface area (Å²) in [6, 6.07) is 34.1. The number of hydrogen-bond acceptors (Lipinski definition) is 2. The second-order valence-electron chi connectivity index (χ2n) is 7.06. The first-order chi connectivity index (χ1) is 14.8. The Balaban J connectivity index is 1.57. The van der Waals surface area contributed by atoms with Gasteiger partial charge in [-0.15, -0.1) is 0 Å². The number of H-pyrrole nitrogens is 1. The Kier molecular flexibility index (Phi) is 4.58. The van der Waals surface area contributed by atoms with Crippen molar-refractivity contribution in [2.75, 3.05) is 5.32 Å². The molecule has 1 amide bonds. The van der Waals surface area contributed by atoms with Crippen LogP contribution in [0.1, 0.15) is 10.5 Å². The Morgan fingerprint density at radius 1 is 0.700 bits per heavy atom. The van der Waals surface area contributed by atoms with Crippen LogP contribution in [0.3, 0.4) is 0 Å². The number of nitrogens with one attached hydrogen (secondary N) is 2. The molecule has 5 aromatic rings. The van der Waals surface area contributed by atoms with E-state index in [0.717, 1.165) is 38.8 Å². The highest BCUT2D eigenvalue weighted by molar-refractivity contribution is 6.11. The first-order valence-electron chi connectivity index (χ1n) is 9.79. The molecule has 0 spiro atoms. The molecule has 1 aromatic heterocycles. The van der Waals surface area contributed by atoms with Crippen LogP contribution in [0.2, 0.25) is 0 Å². The first-order valence-corrected chi connectivity index (χ1v) is 9.79. The van der Waals surface area contributed by atoms with E-state index in [4.69, 9.17) is 0 Å². The molecule has 0 radical (unpaired) electrons. The number of nitrogens with zero attached hydrogens (tertiary/aromatic N) is 1. The molecule has 1 heterocycles. The lowest BCUT2D eigenvalue weighted by atomic mass is 9.94. The molecule has 0 atom stereocenters. The molecule has 144 valence electrons. The van der Waals surface area contributed by atoms with Crippen molar-refractivity contribution in [2.24, 2.45) is 0 Å². The quantitative estimate of drug-likeness (QED) is 0.387. The summed E-state index contributed by atoms with van der Waals surface area (Å²) in [5.41, 5.74) is 6.41. The second-order valence-corrected chi connectivity index (χ2v) is 7.06. The summed E-state index contributed by atoms with van der Waals surface area (Å²) < 4.78 is 0. The molecule has 5 rings (SSSR count). The predicted molar refractivity (Wildman–Crippen MR) is 121 cm³/mol. The molecule has 0 aliphatic carbocycles. The standard InChI is InChI=1S/C26H19N3O/c30-26(27-20-11-5-2-6-12-20)25-23-17-19(15-16-24(23)28-29-25)22-14-8-7-13-21(22)18-9-3-1-4-10-18/h1-17H,(H,27,30)(H,28,29). The zero-order valence-electron chi connectivity index (χ0n) is 16.2. The van der Waals surface area contributed by atoms with E-state index in [1.807, 2.05) is 72.8 Å². The van der Waals surface area contributed by atoms with E-state index in [0.29, 0.717) is 5.69 Å². The van der Waals surface area contributed by atoms with E-state index in [1.165, 1.54) is 0 Å². The maximum atomic E-state index is 12.8. The van der Waals surface area contributed by atoms with Crippen molar-refractivity contribution >= 4 is 22.5 Å². The van der Waals surface area contributed by atoms with Crippen molar-refractivity contribution < 1.29 is 4.79 Å². The lowest BCUT2D eigenvalue weighted by molar-refractivity contribution is 0.102. The topological polar surface area (TPSA) is 57.8 Å². The van der Waals surface area contributed by atoms with Gasteiger partial charge in [0.05, 0.1) is 5.52 Å². The Morgan fingerprint density at radius 2 is 1.33 bits per heavy atom. The minimum absolute atomic E-state index is 0.235. The molecular weight excluding hydrogens is 370 g/mol. The van der Waals surface area contributed by atoms with Crippen molar-refractivity contribution in [3.8, 4) is 22.3 Å². The molecule has 4 aromatic carbocycles. The lowest BCUT2D eigenvalue weighted by Gasteiger charge is -2.10. The van der Waals surface area contributed by atoms with E-state index >= 15 is 0 Å². The van der Waals surface area contributed by atoms with Crippen LogP contribution < -0.4 is 5.32 Å². The summed E-state index contributed by atoms with van der Waals surface area (Å²) in [4.78, 5) is 12.8. The number of fused-ring (bicyclic) bond motifs is 1. The average Bonchev–Trinajstić information content (AvgIpc) is 3.24. The van der Waals surface area contributed by atoms with Gasteiger partial charge in [-0.25, -0.2) is 0 Å². The Bertz CT molecular complexity index is 1320. The lowest BCUT2D eigenvalue weighted by Crippen LogP contribution is -2.12. The number of rotatable bonds is 4. The van der Waals surface area contributed by atoms with Gasteiger partial charge >= 0.3 is 0 Å². The van der Waals surface area contributed by atoms with Crippen molar-refractivity contribution in [1.29, 1.82) is 0 Å². The molecule has 30 heavy (non-hydrogen) atoms. The fourth-order valence-electron chi connectivity index (χ4n) is 3.67. The van der Waals surface area contributed by atoms with Gasteiger partial charge in [0.15, 0.2) is 5.69 Å². The van der Waals surface area contributed by atoms with Crippen molar-refractivity contribution in [1.82, 2.24) is 10.2 Å². The predicted octanol–water partition coefficient (Wildman–Crippen LogP) is 6.15. The maximum Gasteiger partial charge on any atom is 0.276 e. The fraction of sp³-hybridized carbons (Fsp3) is 0. The SMILES string of the molecule is O=C(Nc1ccccc1)c1n[nH]c2ccc(-c3ccccc3-c3ccccc3)cc12. The number of aromatic amines is 1. The minimum Gasteiger partial charge on any atom is -0.321 e. The average molecular weight is 389 g/mol. The highest BCUT2D eigenvalue weighted by Gasteiger charge is 2.16. The number of carbonyl (C=O) groups is 1. The van der Waals surface area contributed by atoms with Crippen LogP contribution in [0.15, 0.2) is 103 Å². The monoisotopic (exact) mass is 389 g/mol. The number of anilines is 1. The van der Waals surface area contributed by atoms with Gasteiger partial charge < -0.3 is 5.32 Å². The summed E-state index contributed by atoms with van der Waals surface area (Å²) in [5, 5.41) is 10.9. The van der Waals surface area contributed by atoms with Crippen molar-refractivity contribution in [3.05, 3.63) is 109 Å². The molecule has 0 aliphatic rings. The fourth-order valence-corrected chi connectivity index (χ4v) is 3.67. The third-order valence-corrected chi connectivity index (χ3v) is 5.13. The Hall–Kier alpha value is -4.18. The van der Waals surface area contributed by atoms with Crippen LogP contribution in [0, 0.1) is 0 Å². The van der Waals surface area contributed by atoms with E-state index in [9.17, 15) is 4.79 Å². The smallest absolute Gasteiger partial charge is 0.276 e. The van der Waals surface area contributed by atoms with Gasteiger partial charge in [-0.1, -0.05) is 78.9 Å². The van der Waals surface area contributed by atoms with Gasteiger partial charge in [-0.3, -0.25) is 9.89 Å². The zero-order chi connectivity index (χ0) is 20.3. The number of hydrogen-bond donors (Lipinski definition) is 2. The van der Waals surface area contributed by atoms with Gasteiger partial charge in [-0.2, -0.15) is 5.10 Å². The van der Waals surface area contributed by atoms with E-state index in [2.05, 4.69) is 45.8 Å². The third-order valence-electron chi connectivity index (χ3n) is 5.13. The summed E-state index contributed by atoms with van der Waals surface area (Å²) in [5.74, 6) is -0.235. The Morgan fingerprint density at radius 3 is 2.07 bits per heavy atom. The van der Waals surface area contributed by atoms with Crippen molar-refractivity contribution in [3.63, 3.8) is 0 Å². The molecule has 0 fully saturated rings. The largest absolute Gasteiger partial charge is 0.321 e. The molecule has 4 nitrogen and oxygen atoms in total. The number of para-hydroxylation sites is 1. The summed E-state index contributed by atoms with van der Waals surface area (Å²) in [7, 11) is 0. The number of carbonyl (C=O) groups excluding carboxylic acids is 1. The Labute approximate surface area is 174 Å². The zero-order valence-corrected chi connectivity index (χ0v) is 16.2. The van der Waals surface area contributed by atoms with Crippen LogP contribution >= 0.6 is 0 Å². The molecule has 0 saturated carbocycles. The number of aromatic nitrogens is 2. The van der Waals surface area contributed by atoms with Crippen molar-refractivity contribution in [2.45, 2.75) is 0 Å². The molecule has 0 unspecified atom stereocenters. The number of benzene rings is 4. The number of amides is 1. The van der Waals surface area contributed by atoms with E-state index < -0.39 is 0 Å². The van der Waals surface area contributed by atoms with Gasteiger partial charge in [0.1, 0.15) is 0 Å². The highest BCUT2D eigenvalue weighted by atomic mass is 16.1. The summed E-state index contributed by atoms with van der Waals surface area (Å²) in [6.45, 7) is 0. The van der Waals surface area contributed by atoms with Gasteiger partial charge in [0, 0.05) is 11.1 Å². The highest BCUT2D eigenvalue weighted by Crippen LogP contribution is 2.33. The molecule has 2 N–H and O–H groups in total. The second kappa shape index (κ2) is 7.68. The van der Waals surface area contributed by atoms with Crippen LogP contribution in [0.25, 0.3) is 33.2 Å². The van der Waals surface area contributed by atoms with E-state index in [1.54, 1.807) is 0 Å². The van der Waals surface area contributed by atoms with Crippen LogP contribution in [0.4, 0.5) is 5.69 Å². The molecule has 0 bridgehead atoms. The minimum atomic E-state index is -0.235. The van der Waals surface area contributed by atoms with Crippen LogP contribution in [-0.2, 0) is 0 Å². The molecule has 0 saturated heterocycles. The first kappa shape index (κ1) is 17.9. The van der Waals surface area contributed by atoms with E-state index in [-0.39, 0.29) is 5.91 Å². The summed E-state index contributed by atoms with van der Waals surface area (Å²) >= 11 is 0. The molecular formula is C26H19N3O. The molecule has 0 aliphatic heterocycles. The molecule has 4 heteroatoms. The van der Waals surface area contributed by atoms with Gasteiger partial charge in [-0.05, 0) is 46.5 Å². The van der Waals surface area contributed by atoms with Crippen LogP contribution in [0.5, 0.6) is 0 Å². The van der Waals surface area contributed by atoms with Gasteiger partial charge in [0.2, 0.25) is 0 Å².